The van der Waals surface area contributed by atoms with E-state index in [1.807, 2.05) is 31.2 Å². The highest BCUT2D eigenvalue weighted by molar-refractivity contribution is 6.01. The summed E-state index contributed by atoms with van der Waals surface area (Å²) in [6.45, 7) is 3.01. The van der Waals surface area contributed by atoms with Gasteiger partial charge in [0.1, 0.15) is 5.75 Å². The summed E-state index contributed by atoms with van der Waals surface area (Å²) in [6, 6.07) is 21.6. The number of carbonyl (C=O) groups is 1. The molecular formula is C31H34N8O4. The standard InChI is InChI=1S/C31H34N8O4/c1-2-3-17-34-30(41)31(20-23-9-4-5-10-24(23)21-35-38-32)28(26-11-6-7-12-27(26)37-39-33)43-29(36-31)22-13-15-25(16-14-22)42-19-8-18-40/h4-7,9-16,28,40H,2-3,8,17-21H2,1H3,(H,34,41)/t28-,31-/m1/s1. The van der Waals surface area contributed by atoms with Gasteiger partial charge in [0, 0.05) is 52.6 Å². The van der Waals surface area contributed by atoms with Crippen molar-refractivity contribution in [1.82, 2.24) is 5.32 Å². The fourth-order valence-corrected chi connectivity index (χ4v) is 4.92. The van der Waals surface area contributed by atoms with Crippen LogP contribution in [-0.2, 0) is 22.5 Å². The van der Waals surface area contributed by atoms with E-state index in [1.165, 1.54) is 0 Å². The van der Waals surface area contributed by atoms with Gasteiger partial charge in [-0.05, 0) is 52.9 Å². The molecule has 3 aromatic carbocycles. The number of azide groups is 2. The number of hydrogen-bond donors (Lipinski definition) is 2. The van der Waals surface area contributed by atoms with Crippen LogP contribution in [0.4, 0.5) is 5.69 Å². The first-order chi connectivity index (χ1) is 21.1. The molecule has 43 heavy (non-hydrogen) atoms. The Balaban J connectivity index is 1.86. The van der Waals surface area contributed by atoms with Gasteiger partial charge in [-0.15, -0.1) is 0 Å². The maximum atomic E-state index is 14.3. The molecule has 1 aliphatic heterocycles. The molecule has 1 heterocycles. The molecule has 4 rings (SSSR count). The molecule has 0 spiro atoms. The van der Waals surface area contributed by atoms with Gasteiger partial charge < -0.3 is 19.9 Å². The van der Waals surface area contributed by atoms with Crippen molar-refractivity contribution in [3.63, 3.8) is 0 Å². The van der Waals surface area contributed by atoms with Gasteiger partial charge in [-0.2, -0.15) is 0 Å². The van der Waals surface area contributed by atoms with E-state index in [-0.39, 0.29) is 31.4 Å². The molecule has 0 bridgehead atoms. The first-order valence-corrected chi connectivity index (χ1v) is 14.2. The third-order valence-corrected chi connectivity index (χ3v) is 7.10. The monoisotopic (exact) mass is 582 g/mol. The number of amides is 1. The highest BCUT2D eigenvalue weighted by Crippen LogP contribution is 2.45. The quantitative estimate of drug-likeness (QED) is 0.0886. The molecule has 0 aliphatic carbocycles. The predicted molar refractivity (Wildman–Crippen MR) is 163 cm³/mol. The minimum absolute atomic E-state index is 0.0375. The number of ether oxygens (including phenoxy) is 2. The Morgan fingerprint density at radius 3 is 2.51 bits per heavy atom. The van der Waals surface area contributed by atoms with Crippen LogP contribution >= 0.6 is 0 Å². The second-order valence-electron chi connectivity index (χ2n) is 9.98. The molecule has 2 atom stereocenters. The van der Waals surface area contributed by atoms with E-state index in [4.69, 9.17) is 25.1 Å². The zero-order chi connectivity index (χ0) is 30.5. The molecule has 1 aliphatic rings. The van der Waals surface area contributed by atoms with E-state index in [0.29, 0.717) is 42.1 Å². The summed E-state index contributed by atoms with van der Waals surface area (Å²) in [5.74, 6) is 0.539. The molecule has 12 nitrogen and oxygen atoms in total. The van der Waals surface area contributed by atoms with Crippen molar-refractivity contribution in [3.05, 3.63) is 116 Å². The number of hydrogen-bond acceptors (Lipinski definition) is 7. The Kier molecular flexibility index (Phi) is 11.0. The summed E-state index contributed by atoms with van der Waals surface area (Å²) >= 11 is 0. The average molecular weight is 583 g/mol. The largest absolute Gasteiger partial charge is 0.494 e. The Morgan fingerprint density at radius 1 is 1.05 bits per heavy atom. The number of aliphatic imine (C=N–C) groups is 1. The second-order valence-corrected chi connectivity index (χ2v) is 9.98. The van der Waals surface area contributed by atoms with Crippen LogP contribution in [0.25, 0.3) is 20.9 Å². The molecule has 222 valence electrons. The van der Waals surface area contributed by atoms with Gasteiger partial charge in [0.2, 0.25) is 5.90 Å². The van der Waals surface area contributed by atoms with Gasteiger partial charge in [-0.1, -0.05) is 72.1 Å². The SMILES string of the molecule is CCCCNC(=O)[C@]1(Cc2ccccc2CN=[N+]=[N-])N=C(c2ccc(OCCCO)cc2)O[C@@H]1c1ccccc1N=[N+]=[N-]. The lowest BCUT2D eigenvalue weighted by molar-refractivity contribution is -0.128. The number of aliphatic hydroxyl groups is 1. The summed E-state index contributed by atoms with van der Waals surface area (Å²) in [5.41, 5.74) is 19.8. The van der Waals surface area contributed by atoms with Crippen LogP contribution in [0.3, 0.4) is 0 Å². The van der Waals surface area contributed by atoms with Crippen LogP contribution < -0.4 is 10.1 Å². The van der Waals surface area contributed by atoms with E-state index in [0.717, 1.165) is 24.0 Å². The Morgan fingerprint density at radius 2 is 1.79 bits per heavy atom. The van der Waals surface area contributed by atoms with Gasteiger partial charge in [-0.3, -0.25) is 4.79 Å². The van der Waals surface area contributed by atoms with Gasteiger partial charge in [-0.25, -0.2) is 4.99 Å². The van der Waals surface area contributed by atoms with Gasteiger partial charge in [0.25, 0.3) is 5.91 Å². The van der Waals surface area contributed by atoms with Crippen LogP contribution in [0.15, 0.2) is 88.0 Å². The smallest absolute Gasteiger partial charge is 0.252 e. The summed E-state index contributed by atoms with van der Waals surface area (Å²) < 4.78 is 12.2. The van der Waals surface area contributed by atoms with E-state index < -0.39 is 11.6 Å². The molecule has 0 aromatic heterocycles. The molecule has 0 unspecified atom stereocenters. The summed E-state index contributed by atoms with van der Waals surface area (Å²) in [7, 11) is 0. The maximum absolute atomic E-state index is 14.3. The third-order valence-electron chi connectivity index (χ3n) is 7.10. The Bertz CT molecular complexity index is 1530. The number of nitrogens with one attached hydrogen (secondary N) is 1. The number of rotatable bonds is 15. The normalized spacial score (nSPS) is 17.2. The van der Waals surface area contributed by atoms with Crippen molar-refractivity contribution < 1.29 is 19.4 Å². The Labute approximate surface area is 249 Å². The number of unbranched alkanes of at least 4 members (excludes halogenated alkanes) is 1. The molecule has 0 saturated carbocycles. The maximum Gasteiger partial charge on any atom is 0.252 e. The van der Waals surface area contributed by atoms with Crippen molar-refractivity contribution in [3.8, 4) is 5.75 Å². The fourth-order valence-electron chi connectivity index (χ4n) is 4.92. The van der Waals surface area contributed by atoms with Crippen LogP contribution in [-0.4, -0.2) is 42.2 Å². The van der Waals surface area contributed by atoms with Crippen molar-refractivity contribution in [2.24, 2.45) is 15.2 Å². The topological polar surface area (TPSA) is 178 Å². The van der Waals surface area contributed by atoms with Gasteiger partial charge in [0.05, 0.1) is 13.2 Å². The van der Waals surface area contributed by atoms with E-state index in [1.54, 1.807) is 48.5 Å². The third kappa shape index (κ3) is 7.44. The lowest BCUT2D eigenvalue weighted by atomic mass is 9.80. The lowest BCUT2D eigenvalue weighted by Crippen LogP contribution is -2.50. The number of benzene rings is 3. The Hall–Kier alpha value is -5.02. The highest BCUT2D eigenvalue weighted by Gasteiger charge is 2.54. The molecule has 2 N–H and O–H groups in total. The minimum Gasteiger partial charge on any atom is -0.494 e. The predicted octanol–water partition coefficient (Wildman–Crippen LogP) is 6.62. The molecular weight excluding hydrogens is 548 g/mol. The highest BCUT2D eigenvalue weighted by atomic mass is 16.5. The first-order valence-electron chi connectivity index (χ1n) is 14.2. The molecule has 1 amide bonds. The summed E-state index contributed by atoms with van der Waals surface area (Å²) in [6.07, 6.45) is 1.37. The molecule has 0 radical (unpaired) electrons. The van der Waals surface area contributed by atoms with Crippen molar-refractivity contribution in [1.29, 1.82) is 0 Å². The van der Waals surface area contributed by atoms with Crippen LogP contribution in [0.5, 0.6) is 5.75 Å². The van der Waals surface area contributed by atoms with Crippen molar-refractivity contribution in [2.75, 3.05) is 19.8 Å². The van der Waals surface area contributed by atoms with E-state index in [9.17, 15) is 10.3 Å². The van der Waals surface area contributed by atoms with E-state index in [2.05, 4.69) is 25.4 Å². The van der Waals surface area contributed by atoms with E-state index >= 15 is 0 Å². The summed E-state index contributed by atoms with van der Waals surface area (Å²) in [4.78, 5) is 25.2. The van der Waals surface area contributed by atoms with Crippen molar-refractivity contribution >= 4 is 17.5 Å². The van der Waals surface area contributed by atoms with Crippen LogP contribution in [0.2, 0.25) is 0 Å². The zero-order valence-electron chi connectivity index (χ0n) is 24.0. The second kappa shape index (κ2) is 15.3. The fraction of sp³-hybridized carbons (Fsp3) is 0.355. The lowest BCUT2D eigenvalue weighted by Gasteiger charge is -2.32. The molecule has 0 fully saturated rings. The van der Waals surface area contributed by atoms with Gasteiger partial charge >= 0.3 is 0 Å². The van der Waals surface area contributed by atoms with Crippen molar-refractivity contribution in [2.45, 2.75) is 50.8 Å². The minimum atomic E-state index is -1.49. The number of nitrogens with zero attached hydrogens (tertiary/aromatic N) is 7. The summed E-state index contributed by atoms with van der Waals surface area (Å²) in [5, 5.41) is 19.7. The average Bonchev–Trinajstić information content (AvgIpc) is 3.42. The number of aliphatic hydroxyl groups excluding tert-OH is 1. The molecule has 3 aromatic rings. The first kappa shape index (κ1) is 30.9. The molecule has 12 heteroatoms. The molecule has 0 saturated heterocycles. The van der Waals surface area contributed by atoms with Gasteiger partial charge in [0.15, 0.2) is 11.6 Å². The number of carbonyl (C=O) groups excluding carboxylic acids is 1. The zero-order valence-corrected chi connectivity index (χ0v) is 24.0. The van der Waals surface area contributed by atoms with Crippen LogP contribution in [0.1, 0.15) is 54.5 Å². The van der Waals surface area contributed by atoms with Crippen LogP contribution in [0, 0.1) is 0 Å².